The Labute approximate surface area is 106 Å². The minimum absolute atomic E-state index is 0.475. The average molecular weight is 240 g/mol. The van der Waals surface area contributed by atoms with Gasteiger partial charge in [-0.25, -0.2) is 10.8 Å². The molecule has 1 saturated carbocycles. The fourth-order valence-corrected chi connectivity index (χ4v) is 2.33. The summed E-state index contributed by atoms with van der Waals surface area (Å²) in [7, 11) is 2.07. The molecule has 4 nitrogen and oxygen atoms in total. The maximum atomic E-state index is 5.57. The van der Waals surface area contributed by atoms with Crippen LogP contribution in [0, 0.1) is 0 Å². The van der Waals surface area contributed by atoms with Gasteiger partial charge >= 0.3 is 0 Å². The van der Waals surface area contributed by atoms with Gasteiger partial charge in [0.2, 0.25) is 5.96 Å². The predicted molar refractivity (Wildman–Crippen MR) is 73.8 cm³/mol. The minimum atomic E-state index is 0.475. The molecule has 0 bridgehead atoms. The van der Waals surface area contributed by atoms with E-state index in [4.69, 9.17) is 10.8 Å². The zero-order valence-electron chi connectivity index (χ0n) is 11.4. The van der Waals surface area contributed by atoms with Gasteiger partial charge in [-0.3, -0.25) is 5.43 Å². The van der Waals surface area contributed by atoms with Crippen LogP contribution in [0.2, 0.25) is 0 Å². The van der Waals surface area contributed by atoms with Gasteiger partial charge in [0.1, 0.15) is 0 Å². The molecule has 0 amide bonds. The van der Waals surface area contributed by atoms with Crippen molar-refractivity contribution < 1.29 is 0 Å². The summed E-state index contributed by atoms with van der Waals surface area (Å²) in [6.45, 7) is 3.25. The van der Waals surface area contributed by atoms with E-state index < -0.39 is 0 Å². The maximum absolute atomic E-state index is 5.57. The minimum Gasteiger partial charge on any atom is -0.345 e. The van der Waals surface area contributed by atoms with Crippen molar-refractivity contribution in [2.45, 2.75) is 64.3 Å². The molecule has 0 aliphatic heterocycles. The third kappa shape index (κ3) is 5.39. The lowest BCUT2D eigenvalue weighted by atomic mass is 9.96. The number of guanidine groups is 1. The first kappa shape index (κ1) is 14.3. The van der Waals surface area contributed by atoms with Crippen LogP contribution < -0.4 is 11.3 Å². The summed E-state index contributed by atoms with van der Waals surface area (Å²) in [6.07, 6.45) is 10.1. The molecule has 1 aliphatic rings. The summed E-state index contributed by atoms with van der Waals surface area (Å²) in [5, 5.41) is 0. The van der Waals surface area contributed by atoms with Gasteiger partial charge in [0.15, 0.2) is 0 Å². The highest BCUT2D eigenvalue weighted by Gasteiger charge is 2.14. The molecule has 1 fully saturated rings. The molecule has 0 aromatic rings. The summed E-state index contributed by atoms with van der Waals surface area (Å²) in [6, 6.07) is 0.475. The Kier molecular flexibility index (Phi) is 7.01. The maximum Gasteiger partial charge on any atom is 0.208 e. The number of nitrogens with two attached hydrogens (primary N) is 1. The van der Waals surface area contributed by atoms with Gasteiger partial charge in [-0.15, -0.1) is 0 Å². The van der Waals surface area contributed by atoms with Crippen LogP contribution in [0.5, 0.6) is 0 Å². The summed E-state index contributed by atoms with van der Waals surface area (Å²) < 4.78 is 0. The van der Waals surface area contributed by atoms with E-state index in [0.29, 0.717) is 6.04 Å². The molecule has 0 heterocycles. The number of hydrogen-bond acceptors (Lipinski definition) is 2. The van der Waals surface area contributed by atoms with E-state index in [1.807, 2.05) is 0 Å². The van der Waals surface area contributed by atoms with Crippen LogP contribution >= 0.6 is 0 Å². The van der Waals surface area contributed by atoms with Crippen LogP contribution in [0.25, 0.3) is 0 Å². The van der Waals surface area contributed by atoms with Gasteiger partial charge in [0, 0.05) is 13.6 Å². The van der Waals surface area contributed by atoms with Crippen molar-refractivity contribution in [2.75, 3.05) is 13.6 Å². The van der Waals surface area contributed by atoms with Crippen LogP contribution in [0.4, 0.5) is 0 Å². The average Bonchev–Trinajstić information content (AvgIpc) is 2.37. The molecule has 3 N–H and O–H groups in total. The lowest BCUT2D eigenvalue weighted by molar-refractivity contribution is 0.419. The van der Waals surface area contributed by atoms with E-state index in [0.717, 1.165) is 12.5 Å². The summed E-state index contributed by atoms with van der Waals surface area (Å²) in [5.41, 5.74) is 2.75. The number of aliphatic imine (C=N–C) groups is 1. The summed E-state index contributed by atoms with van der Waals surface area (Å²) in [5.74, 6) is 6.43. The largest absolute Gasteiger partial charge is 0.345 e. The third-order valence-corrected chi connectivity index (χ3v) is 3.47. The van der Waals surface area contributed by atoms with Gasteiger partial charge in [0.25, 0.3) is 0 Å². The van der Waals surface area contributed by atoms with Crippen molar-refractivity contribution in [2.24, 2.45) is 10.8 Å². The van der Waals surface area contributed by atoms with Gasteiger partial charge in [-0.05, 0) is 19.3 Å². The van der Waals surface area contributed by atoms with E-state index in [1.165, 1.54) is 51.4 Å². The topological polar surface area (TPSA) is 53.6 Å². The molecule has 1 aliphatic carbocycles. The smallest absolute Gasteiger partial charge is 0.208 e. The van der Waals surface area contributed by atoms with E-state index in [1.54, 1.807) is 0 Å². The Morgan fingerprint density at radius 2 is 2.00 bits per heavy atom. The van der Waals surface area contributed by atoms with Crippen molar-refractivity contribution in [3.63, 3.8) is 0 Å². The second-order valence-corrected chi connectivity index (χ2v) is 5.02. The van der Waals surface area contributed by atoms with Gasteiger partial charge in [-0.2, -0.15) is 0 Å². The number of unbranched alkanes of at least 4 members (excludes halogenated alkanes) is 2. The number of rotatable bonds is 5. The van der Waals surface area contributed by atoms with Crippen molar-refractivity contribution in [3.8, 4) is 0 Å². The Morgan fingerprint density at radius 3 is 2.59 bits per heavy atom. The molecule has 0 unspecified atom stereocenters. The van der Waals surface area contributed by atoms with E-state index in [2.05, 4.69) is 24.3 Å². The fraction of sp³-hybridized carbons (Fsp3) is 0.923. The van der Waals surface area contributed by atoms with Crippen molar-refractivity contribution in [1.82, 2.24) is 10.3 Å². The molecule has 1 rings (SSSR count). The van der Waals surface area contributed by atoms with Gasteiger partial charge < -0.3 is 4.90 Å². The number of hydrazine groups is 1. The van der Waals surface area contributed by atoms with Crippen LogP contribution in [-0.2, 0) is 0 Å². The standard InChI is InChI=1S/C13H28N4/c1-3-4-8-11-17(2)13(16-14)15-12-9-6-5-7-10-12/h12H,3-11,14H2,1-2H3,(H,15,16). The number of hydrogen-bond donors (Lipinski definition) is 2. The number of nitrogens with one attached hydrogen (secondary N) is 1. The molecule has 0 radical (unpaired) electrons. The van der Waals surface area contributed by atoms with Crippen molar-refractivity contribution >= 4 is 5.96 Å². The second kappa shape index (κ2) is 8.34. The predicted octanol–water partition coefficient (Wildman–Crippen LogP) is 2.26. The van der Waals surface area contributed by atoms with E-state index >= 15 is 0 Å². The molecular formula is C13H28N4. The zero-order chi connectivity index (χ0) is 12.5. The molecule has 17 heavy (non-hydrogen) atoms. The van der Waals surface area contributed by atoms with Crippen molar-refractivity contribution in [1.29, 1.82) is 0 Å². The SMILES string of the molecule is CCCCCN(C)C(=NC1CCCCC1)NN. The zero-order valence-corrected chi connectivity index (χ0v) is 11.4. The van der Waals surface area contributed by atoms with Crippen LogP contribution in [0.15, 0.2) is 4.99 Å². The molecule has 0 atom stereocenters. The monoisotopic (exact) mass is 240 g/mol. The van der Waals surface area contributed by atoms with Crippen LogP contribution in [0.3, 0.4) is 0 Å². The lowest BCUT2D eigenvalue weighted by Gasteiger charge is -2.24. The highest BCUT2D eigenvalue weighted by Crippen LogP contribution is 2.20. The van der Waals surface area contributed by atoms with Crippen molar-refractivity contribution in [3.05, 3.63) is 0 Å². The second-order valence-electron chi connectivity index (χ2n) is 5.02. The van der Waals surface area contributed by atoms with Gasteiger partial charge in [0.05, 0.1) is 6.04 Å². The van der Waals surface area contributed by atoms with Gasteiger partial charge in [-0.1, -0.05) is 39.0 Å². The fourth-order valence-electron chi connectivity index (χ4n) is 2.33. The number of nitrogens with zero attached hydrogens (tertiary/aromatic N) is 2. The van der Waals surface area contributed by atoms with Crippen LogP contribution in [0.1, 0.15) is 58.3 Å². The van der Waals surface area contributed by atoms with E-state index in [9.17, 15) is 0 Å². The summed E-state index contributed by atoms with van der Waals surface area (Å²) >= 11 is 0. The molecule has 4 heteroatoms. The Morgan fingerprint density at radius 1 is 1.29 bits per heavy atom. The molecule has 0 saturated heterocycles. The normalized spacial score (nSPS) is 18.2. The van der Waals surface area contributed by atoms with Crippen LogP contribution in [-0.4, -0.2) is 30.5 Å². The quantitative estimate of drug-likeness (QED) is 0.255. The first-order valence-corrected chi connectivity index (χ1v) is 7.03. The highest BCUT2D eigenvalue weighted by molar-refractivity contribution is 5.79. The Balaban J connectivity index is 2.41. The molecule has 0 aromatic carbocycles. The Hall–Kier alpha value is -0.770. The molecule has 0 aromatic heterocycles. The third-order valence-electron chi connectivity index (χ3n) is 3.47. The first-order valence-electron chi connectivity index (χ1n) is 7.03. The molecular weight excluding hydrogens is 212 g/mol. The van der Waals surface area contributed by atoms with E-state index in [-0.39, 0.29) is 0 Å². The Bertz CT molecular complexity index is 221. The summed E-state index contributed by atoms with van der Waals surface area (Å²) in [4.78, 5) is 6.88. The highest BCUT2D eigenvalue weighted by atomic mass is 15.4. The molecule has 100 valence electrons. The molecule has 0 spiro atoms. The lowest BCUT2D eigenvalue weighted by Crippen LogP contribution is -2.44. The first-order chi connectivity index (χ1) is 8.27.